The summed E-state index contributed by atoms with van der Waals surface area (Å²) in [6.07, 6.45) is 0. The maximum atomic E-state index is 13.4. The first kappa shape index (κ1) is 23.8. The van der Waals surface area contributed by atoms with Crippen molar-refractivity contribution in [1.29, 1.82) is 0 Å². The fourth-order valence-electron chi connectivity index (χ4n) is 6.48. The van der Waals surface area contributed by atoms with E-state index in [9.17, 15) is 29.8 Å². The standard InChI is InChI=1S/C34H16N2O6/c37-33-23-7-3-2-6-22(23)27-14-18(15-28-30(36(41)42)10-9-25(33)32(27)28)17-11-19-12-20(35(39)40)16-29-31(19)26(13-17)21-5-1-4-8-24(21)34(29)38/h1-16H. The van der Waals surface area contributed by atoms with Gasteiger partial charge in [-0.1, -0.05) is 48.5 Å². The van der Waals surface area contributed by atoms with Crippen LogP contribution in [0.25, 0.3) is 54.9 Å². The largest absolute Gasteiger partial charge is 0.289 e. The molecule has 0 saturated heterocycles. The minimum Gasteiger partial charge on any atom is -0.289 e. The summed E-state index contributed by atoms with van der Waals surface area (Å²) in [5, 5.41) is 26.0. The van der Waals surface area contributed by atoms with Crippen LogP contribution in [0.15, 0.2) is 97.1 Å². The minimum absolute atomic E-state index is 0.125. The number of hydrogen-bond donors (Lipinski definition) is 0. The Morgan fingerprint density at radius 2 is 1.05 bits per heavy atom. The highest BCUT2D eigenvalue weighted by molar-refractivity contribution is 6.28. The molecular weight excluding hydrogens is 532 g/mol. The lowest BCUT2D eigenvalue weighted by Crippen LogP contribution is -2.11. The van der Waals surface area contributed by atoms with Crippen LogP contribution in [0, 0.1) is 20.2 Å². The second-order valence-corrected chi connectivity index (χ2v) is 10.5. The van der Waals surface area contributed by atoms with Crippen molar-refractivity contribution in [2.24, 2.45) is 0 Å². The highest BCUT2D eigenvalue weighted by Gasteiger charge is 2.31. The molecule has 8 nitrogen and oxygen atoms in total. The van der Waals surface area contributed by atoms with Crippen molar-refractivity contribution in [2.45, 2.75) is 0 Å². The Balaban J connectivity index is 1.50. The molecule has 0 aromatic heterocycles. The molecule has 0 unspecified atom stereocenters. The summed E-state index contributed by atoms with van der Waals surface area (Å²) in [7, 11) is 0. The van der Waals surface area contributed by atoms with Crippen molar-refractivity contribution in [2.75, 3.05) is 0 Å². The predicted octanol–water partition coefficient (Wildman–Crippen LogP) is 7.90. The SMILES string of the molecule is O=C1c2ccccc2-c2cc(-c3cc4c5c(ccc([N+](=O)[O-])c5c3)C(=O)c3ccccc3-4)cc3cc([N+](=O)[O-])cc1c23. The molecular formula is C34H16N2O6. The Hall–Kier alpha value is -6.02. The first-order valence-electron chi connectivity index (χ1n) is 13.1. The van der Waals surface area contributed by atoms with Gasteiger partial charge in [0.15, 0.2) is 11.6 Å². The normalized spacial score (nSPS) is 12.8. The average molecular weight is 549 g/mol. The highest BCUT2D eigenvalue weighted by atomic mass is 16.6. The summed E-state index contributed by atoms with van der Waals surface area (Å²) in [5.74, 6) is -0.471. The number of ketones is 2. The van der Waals surface area contributed by atoms with Gasteiger partial charge >= 0.3 is 0 Å². The van der Waals surface area contributed by atoms with E-state index < -0.39 is 9.85 Å². The maximum absolute atomic E-state index is 13.4. The van der Waals surface area contributed by atoms with E-state index in [1.54, 1.807) is 36.4 Å². The van der Waals surface area contributed by atoms with Gasteiger partial charge in [-0.15, -0.1) is 0 Å². The van der Waals surface area contributed by atoms with E-state index >= 15 is 0 Å². The summed E-state index contributed by atoms with van der Waals surface area (Å²) in [6, 6.07) is 27.3. The van der Waals surface area contributed by atoms with Crippen LogP contribution in [-0.4, -0.2) is 21.4 Å². The smallest absolute Gasteiger partial charge is 0.277 e. The van der Waals surface area contributed by atoms with Crippen LogP contribution in [0.5, 0.6) is 0 Å². The molecule has 0 bridgehead atoms. The molecule has 0 saturated carbocycles. The van der Waals surface area contributed by atoms with E-state index in [2.05, 4.69) is 0 Å². The van der Waals surface area contributed by atoms with Gasteiger partial charge in [0.1, 0.15) is 0 Å². The number of carbonyl (C=O) groups excluding carboxylic acids is 2. The molecule has 42 heavy (non-hydrogen) atoms. The molecule has 0 aliphatic heterocycles. The second kappa shape index (κ2) is 8.25. The van der Waals surface area contributed by atoms with Crippen LogP contribution >= 0.6 is 0 Å². The first-order chi connectivity index (χ1) is 20.3. The van der Waals surface area contributed by atoms with Crippen LogP contribution < -0.4 is 0 Å². The van der Waals surface area contributed by atoms with Crippen LogP contribution in [0.1, 0.15) is 31.8 Å². The third-order valence-electron chi connectivity index (χ3n) is 8.28. The van der Waals surface area contributed by atoms with E-state index in [1.807, 2.05) is 36.4 Å². The first-order valence-corrected chi connectivity index (χ1v) is 13.1. The van der Waals surface area contributed by atoms with E-state index in [0.29, 0.717) is 66.1 Å². The van der Waals surface area contributed by atoms with Crippen LogP contribution in [0.3, 0.4) is 0 Å². The number of nitro groups is 2. The predicted molar refractivity (Wildman–Crippen MR) is 158 cm³/mol. The monoisotopic (exact) mass is 548 g/mol. The lowest BCUT2D eigenvalue weighted by molar-refractivity contribution is -0.384. The Morgan fingerprint density at radius 3 is 1.67 bits per heavy atom. The molecule has 6 aromatic rings. The van der Waals surface area contributed by atoms with E-state index in [-0.39, 0.29) is 28.5 Å². The van der Waals surface area contributed by atoms with Gasteiger partial charge in [-0.05, 0) is 69.1 Å². The van der Waals surface area contributed by atoms with Crippen molar-refractivity contribution in [3.05, 3.63) is 140 Å². The summed E-state index contributed by atoms with van der Waals surface area (Å²) in [4.78, 5) is 49.8. The van der Waals surface area contributed by atoms with Crippen molar-refractivity contribution in [3.8, 4) is 33.4 Å². The highest BCUT2D eigenvalue weighted by Crippen LogP contribution is 2.47. The van der Waals surface area contributed by atoms with E-state index in [4.69, 9.17) is 0 Å². The number of nitro benzene ring substituents is 2. The zero-order chi connectivity index (χ0) is 28.9. The van der Waals surface area contributed by atoms with Crippen molar-refractivity contribution < 1.29 is 19.4 Å². The van der Waals surface area contributed by atoms with Gasteiger partial charge in [0.2, 0.25) is 0 Å². The number of carbonyl (C=O) groups is 2. The topological polar surface area (TPSA) is 120 Å². The number of benzene rings is 6. The molecule has 0 atom stereocenters. The number of rotatable bonds is 3. The van der Waals surface area contributed by atoms with Crippen molar-refractivity contribution in [1.82, 2.24) is 0 Å². The fourth-order valence-corrected chi connectivity index (χ4v) is 6.48. The van der Waals surface area contributed by atoms with Gasteiger partial charge in [0.05, 0.1) is 15.2 Å². The lowest BCUT2D eigenvalue weighted by atomic mass is 9.79. The number of nitrogens with zero attached hydrogens (tertiary/aromatic N) is 2. The average Bonchev–Trinajstić information content (AvgIpc) is 3.01. The van der Waals surface area contributed by atoms with Gasteiger partial charge in [-0.3, -0.25) is 29.8 Å². The summed E-state index contributed by atoms with van der Waals surface area (Å²) in [5.41, 5.74) is 5.44. The molecule has 2 aliphatic carbocycles. The van der Waals surface area contributed by atoms with Crippen molar-refractivity contribution in [3.63, 3.8) is 0 Å². The molecule has 198 valence electrons. The quantitative estimate of drug-likeness (QED) is 0.163. The van der Waals surface area contributed by atoms with Gasteiger partial charge < -0.3 is 0 Å². The van der Waals surface area contributed by atoms with Gasteiger partial charge in [-0.25, -0.2) is 0 Å². The molecule has 0 heterocycles. The van der Waals surface area contributed by atoms with Gasteiger partial charge in [0.25, 0.3) is 11.4 Å². The summed E-state index contributed by atoms with van der Waals surface area (Å²) in [6.45, 7) is 0. The minimum atomic E-state index is -0.519. The molecule has 2 aliphatic rings. The Morgan fingerprint density at radius 1 is 0.476 bits per heavy atom. The Labute approximate surface area is 236 Å². The Kier molecular flexibility index (Phi) is 4.68. The molecule has 6 aromatic carbocycles. The zero-order valence-corrected chi connectivity index (χ0v) is 21.6. The van der Waals surface area contributed by atoms with Crippen LogP contribution in [0.4, 0.5) is 11.4 Å². The Bertz CT molecular complexity index is 2300. The lowest BCUT2D eigenvalue weighted by Gasteiger charge is -2.23. The van der Waals surface area contributed by atoms with Gasteiger partial charge in [-0.2, -0.15) is 0 Å². The molecule has 0 fully saturated rings. The number of hydrogen-bond acceptors (Lipinski definition) is 6. The fraction of sp³-hybridized carbons (Fsp3) is 0. The summed E-state index contributed by atoms with van der Waals surface area (Å²) >= 11 is 0. The maximum Gasteiger partial charge on any atom is 0.277 e. The molecule has 0 amide bonds. The number of non-ortho nitro benzene ring substituents is 2. The molecule has 0 spiro atoms. The third-order valence-corrected chi connectivity index (χ3v) is 8.28. The summed E-state index contributed by atoms with van der Waals surface area (Å²) < 4.78 is 0. The van der Waals surface area contributed by atoms with E-state index in [0.717, 1.165) is 5.56 Å². The molecule has 8 heteroatoms. The van der Waals surface area contributed by atoms with E-state index in [1.165, 1.54) is 24.3 Å². The van der Waals surface area contributed by atoms with Crippen LogP contribution in [0.2, 0.25) is 0 Å². The van der Waals surface area contributed by atoms with Crippen molar-refractivity contribution >= 4 is 44.5 Å². The zero-order valence-electron chi connectivity index (χ0n) is 21.6. The molecule has 0 N–H and O–H groups in total. The third kappa shape index (κ3) is 3.11. The molecule has 8 rings (SSSR count). The van der Waals surface area contributed by atoms with Crippen LogP contribution in [-0.2, 0) is 0 Å². The number of fused-ring (bicyclic) bond motifs is 4. The molecule has 0 radical (unpaired) electrons. The van der Waals surface area contributed by atoms with Gasteiger partial charge in [0, 0.05) is 51.2 Å². The second-order valence-electron chi connectivity index (χ2n) is 10.5.